The number of aliphatic carboxylic acids is 1. The van der Waals surface area contributed by atoms with Gasteiger partial charge >= 0.3 is 12.1 Å². The van der Waals surface area contributed by atoms with Crippen LogP contribution in [0.25, 0.3) is 22.0 Å². The van der Waals surface area contributed by atoms with Crippen molar-refractivity contribution in [3.8, 4) is 16.9 Å². The molecule has 1 aromatic heterocycles. The second kappa shape index (κ2) is 12.0. The molecule has 1 unspecified atom stereocenters. The third-order valence-electron chi connectivity index (χ3n) is 6.95. The van der Waals surface area contributed by atoms with Crippen LogP contribution >= 0.6 is 0 Å². The van der Waals surface area contributed by atoms with Crippen molar-refractivity contribution in [3.63, 3.8) is 0 Å². The monoisotopic (exact) mass is 567 g/mol. The van der Waals surface area contributed by atoms with Crippen molar-refractivity contribution in [2.45, 2.75) is 45.8 Å². The summed E-state index contributed by atoms with van der Waals surface area (Å²) in [6.45, 7) is 5.90. The van der Waals surface area contributed by atoms with Gasteiger partial charge in [0.1, 0.15) is 5.75 Å². The Morgan fingerprint density at radius 3 is 2.32 bits per heavy atom. The molecule has 0 fully saturated rings. The van der Waals surface area contributed by atoms with E-state index >= 15 is 0 Å². The molecule has 1 atom stereocenters. The smallest absolute Gasteiger partial charge is 0.416 e. The molecule has 0 aliphatic rings. The molecular weight excluding hydrogens is 535 g/mol. The summed E-state index contributed by atoms with van der Waals surface area (Å²) in [5.74, 6) is -0.497. The molecule has 0 saturated carbocycles. The number of nitrogens with one attached hydrogen (secondary N) is 1. The fraction of sp³-hybridized carbons (Fsp3) is 0.323. The maximum atomic E-state index is 13.2. The van der Waals surface area contributed by atoms with E-state index in [9.17, 15) is 22.8 Å². The van der Waals surface area contributed by atoms with Crippen molar-refractivity contribution in [1.29, 1.82) is 0 Å². The number of benzene rings is 3. The zero-order chi connectivity index (χ0) is 29.9. The van der Waals surface area contributed by atoms with E-state index in [1.807, 2.05) is 28.9 Å². The lowest BCUT2D eigenvalue weighted by molar-refractivity contribution is -0.138. The number of halogens is 3. The number of rotatable bonds is 10. The van der Waals surface area contributed by atoms with Crippen molar-refractivity contribution < 1.29 is 32.6 Å². The second-order valence-electron chi connectivity index (χ2n) is 10.4. The molecule has 216 valence electrons. The summed E-state index contributed by atoms with van der Waals surface area (Å²) in [6.07, 6.45) is -2.12. The van der Waals surface area contributed by atoms with Gasteiger partial charge in [-0.3, -0.25) is 14.3 Å². The summed E-state index contributed by atoms with van der Waals surface area (Å²) in [4.78, 5) is 23.1. The van der Waals surface area contributed by atoms with E-state index in [1.165, 1.54) is 13.2 Å². The maximum Gasteiger partial charge on any atom is 0.416 e. The maximum absolute atomic E-state index is 13.2. The molecule has 0 aliphatic heterocycles. The summed E-state index contributed by atoms with van der Waals surface area (Å²) in [6, 6.07) is 14.4. The number of aromatic nitrogens is 2. The number of methoxy groups -OCH3 is 1. The van der Waals surface area contributed by atoms with Gasteiger partial charge < -0.3 is 15.2 Å². The highest BCUT2D eigenvalue weighted by atomic mass is 19.4. The highest BCUT2D eigenvalue weighted by molar-refractivity contribution is 5.95. The molecule has 0 aliphatic carbocycles. The Kier molecular flexibility index (Phi) is 8.70. The number of hydrogen-bond acceptors (Lipinski definition) is 4. The normalized spacial score (nSPS) is 12.5. The summed E-state index contributed by atoms with van der Waals surface area (Å²) < 4.78 is 47.4. The number of aryl methyl sites for hydroxylation is 1. The molecule has 7 nitrogen and oxygen atoms in total. The van der Waals surface area contributed by atoms with E-state index in [2.05, 4.69) is 19.2 Å². The molecule has 0 saturated heterocycles. The predicted molar refractivity (Wildman–Crippen MR) is 150 cm³/mol. The predicted octanol–water partition coefficient (Wildman–Crippen LogP) is 6.88. The Bertz CT molecular complexity index is 1560. The third-order valence-corrected chi connectivity index (χ3v) is 6.95. The topological polar surface area (TPSA) is 93.5 Å². The first kappa shape index (κ1) is 29.6. The number of hydrogen-bond donors (Lipinski definition) is 2. The molecule has 0 bridgehead atoms. The highest BCUT2D eigenvalue weighted by Gasteiger charge is 2.31. The average Bonchev–Trinajstić information content (AvgIpc) is 3.34. The van der Waals surface area contributed by atoms with Crippen LogP contribution in [0, 0.1) is 12.8 Å². The summed E-state index contributed by atoms with van der Waals surface area (Å²) in [5, 5.41) is 16.8. The Morgan fingerprint density at radius 2 is 1.73 bits per heavy atom. The number of carboxylic acid groups (broad SMARTS) is 1. The lowest BCUT2D eigenvalue weighted by atomic mass is 9.95. The first-order chi connectivity index (χ1) is 19.4. The standard InChI is InChI=1S/C31H32F3N3O4/c1-18(2)15-27(20-5-7-21(8-6-20)30(40)35-14-13-28(38)39)37-26-12-11-24(29(41-4)25(26)17-36-37)23-10-9-22(16-19(23)3)31(32,33)34/h5-12,16-18,27H,13-15H2,1-4H3,(H,35,40)(H,38,39). The number of amides is 1. The van der Waals surface area contributed by atoms with Gasteiger partial charge in [-0.05, 0) is 72.4 Å². The van der Waals surface area contributed by atoms with Crippen LogP contribution in [-0.2, 0) is 11.0 Å². The van der Waals surface area contributed by atoms with Gasteiger partial charge in [0, 0.05) is 17.7 Å². The number of carboxylic acids is 1. The lowest BCUT2D eigenvalue weighted by Crippen LogP contribution is -2.26. The van der Waals surface area contributed by atoms with Crippen LogP contribution in [0.4, 0.5) is 13.2 Å². The van der Waals surface area contributed by atoms with Crippen molar-refractivity contribution in [2.75, 3.05) is 13.7 Å². The minimum atomic E-state index is -4.42. The van der Waals surface area contributed by atoms with Gasteiger partial charge in [-0.25, -0.2) is 0 Å². The largest absolute Gasteiger partial charge is 0.495 e. The molecule has 2 N–H and O–H groups in total. The quantitative estimate of drug-likeness (QED) is 0.218. The van der Waals surface area contributed by atoms with Crippen molar-refractivity contribution in [2.24, 2.45) is 5.92 Å². The van der Waals surface area contributed by atoms with Gasteiger partial charge in [-0.1, -0.05) is 32.0 Å². The Labute approximate surface area is 235 Å². The van der Waals surface area contributed by atoms with Gasteiger partial charge in [0.15, 0.2) is 0 Å². The fourth-order valence-corrected chi connectivity index (χ4v) is 4.98. The van der Waals surface area contributed by atoms with Crippen LogP contribution in [0.5, 0.6) is 5.75 Å². The molecule has 3 aromatic carbocycles. The van der Waals surface area contributed by atoms with E-state index in [4.69, 9.17) is 14.9 Å². The minimum absolute atomic E-state index is 0.0426. The molecule has 10 heteroatoms. The van der Waals surface area contributed by atoms with Crippen LogP contribution in [-0.4, -0.2) is 40.4 Å². The molecule has 0 spiro atoms. The second-order valence-corrected chi connectivity index (χ2v) is 10.4. The SMILES string of the molecule is COc1c(-c2ccc(C(F)(F)F)cc2C)ccc2c1cnn2C(CC(C)C)c1ccc(C(=O)NCCC(=O)O)cc1. The van der Waals surface area contributed by atoms with E-state index in [0.717, 1.165) is 35.0 Å². The Morgan fingerprint density at radius 1 is 1.05 bits per heavy atom. The van der Waals surface area contributed by atoms with E-state index in [-0.39, 0.29) is 24.9 Å². The lowest BCUT2D eigenvalue weighted by Gasteiger charge is -2.22. The first-order valence-corrected chi connectivity index (χ1v) is 13.2. The molecule has 4 aromatic rings. The van der Waals surface area contributed by atoms with Gasteiger partial charge in [0.2, 0.25) is 0 Å². The number of carbonyl (C=O) groups is 2. The number of alkyl halides is 3. The van der Waals surface area contributed by atoms with E-state index in [0.29, 0.717) is 33.9 Å². The molecule has 41 heavy (non-hydrogen) atoms. The van der Waals surface area contributed by atoms with E-state index in [1.54, 1.807) is 25.3 Å². The number of ether oxygens (including phenoxy) is 1. The van der Waals surface area contributed by atoms with Crippen LogP contribution < -0.4 is 10.1 Å². The molecule has 1 amide bonds. The third kappa shape index (κ3) is 6.53. The Hall–Kier alpha value is -4.34. The van der Waals surface area contributed by atoms with Gasteiger partial charge in [-0.2, -0.15) is 18.3 Å². The number of fused-ring (bicyclic) bond motifs is 1. The van der Waals surface area contributed by atoms with Crippen LogP contribution in [0.3, 0.4) is 0 Å². The summed E-state index contributed by atoms with van der Waals surface area (Å²) in [5.41, 5.74) is 3.25. The highest BCUT2D eigenvalue weighted by Crippen LogP contribution is 2.41. The number of carbonyl (C=O) groups excluding carboxylic acids is 1. The van der Waals surface area contributed by atoms with Gasteiger partial charge in [0.05, 0.1) is 42.2 Å². The van der Waals surface area contributed by atoms with Crippen molar-refractivity contribution in [3.05, 3.63) is 83.0 Å². The van der Waals surface area contributed by atoms with Crippen molar-refractivity contribution in [1.82, 2.24) is 15.1 Å². The van der Waals surface area contributed by atoms with Crippen LogP contribution in [0.1, 0.15) is 59.8 Å². The van der Waals surface area contributed by atoms with Crippen molar-refractivity contribution >= 4 is 22.8 Å². The van der Waals surface area contributed by atoms with Gasteiger partial charge in [-0.15, -0.1) is 0 Å². The average molecular weight is 568 g/mol. The first-order valence-electron chi connectivity index (χ1n) is 13.2. The van der Waals surface area contributed by atoms with Crippen LogP contribution in [0.15, 0.2) is 60.8 Å². The molecule has 0 radical (unpaired) electrons. The number of nitrogens with zero attached hydrogens (tertiary/aromatic N) is 2. The minimum Gasteiger partial charge on any atom is -0.495 e. The molecule has 4 rings (SSSR count). The van der Waals surface area contributed by atoms with Gasteiger partial charge in [0.25, 0.3) is 5.91 Å². The summed E-state index contributed by atoms with van der Waals surface area (Å²) >= 11 is 0. The zero-order valence-corrected chi connectivity index (χ0v) is 23.2. The Balaban J connectivity index is 1.70. The molecular formula is C31H32F3N3O4. The van der Waals surface area contributed by atoms with Crippen LogP contribution in [0.2, 0.25) is 0 Å². The fourth-order valence-electron chi connectivity index (χ4n) is 4.98. The zero-order valence-electron chi connectivity index (χ0n) is 23.2. The van der Waals surface area contributed by atoms with E-state index < -0.39 is 17.7 Å². The summed E-state index contributed by atoms with van der Waals surface area (Å²) in [7, 11) is 1.53. The molecule has 1 heterocycles.